The maximum atomic E-state index is 12.1. The first-order valence-corrected chi connectivity index (χ1v) is 7.39. The molecule has 0 spiro atoms. The number of rotatable bonds is 3. The van der Waals surface area contributed by atoms with Gasteiger partial charge in [-0.05, 0) is 48.4 Å². The lowest BCUT2D eigenvalue weighted by Gasteiger charge is -2.01. The second kappa shape index (κ2) is 6.31. The highest BCUT2D eigenvalue weighted by atomic mass is 79.9. The van der Waals surface area contributed by atoms with Crippen LogP contribution in [-0.2, 0) is 0 Å². The van der Waals surface area contributed by atoms with Crippen molar-refractivity contribution < 1.29 is 4.79 Å². The number of hydrogen-bond donors (Lipinski definition) is 0. The maximum Gasteiger partial charge on any atom is 0.186 e. The van der Waals surface area contributed by atoms with Crippen LogP contribution in [0, 0.1) is 6.92 Å². The van der Waals surface area contributed by atoms with Gasteiger partial charge in [0.25, 0.3) is 0 Å². The summed E-state index contributed by atoms with van der Waals surface area (Å²) in [4.78, 5) is 12.1. The van der Waals surface area contributed by atoms with Gasteiger partial charge in [0.15, 0.2) is 5.78 Å². The fraction of sp³-hybridized carbons (Fsp3) is 0.0625. The second-order valence-electron chi connectivity index (χ2n) is 4.20. The third-order valence-electron chi connectivity index (χ3n) is 2.71. The Hall–Kier alpha value is -1.19. The third kappa shape index (κ3) is 3.64. The van der Waals surface area contributed by atoms with Crippen molar-refractivity contribution in [1.82, 2.24) is 0 Å². The van der Waals surface area contributed by atoms with E-state index in [1.807, 2.05) is 49.4 Å². The molecule has 2 rings (SSSR count). The van der Waals surface area contributed by atoms with Gasteiger partial charge < -0.3 is 0 Å². The number of ketones is 1. The molecule has 0 aliphatic heterocycles. The van der Waals surface area contributed by atoms with Gasteiger partial charge in [-0.1, -0.05) is 56.1 Å². The molecule has 0 bridgehead atoms. The molecule has 19 heavy (non-hydrogen) atoms. The molecule has 0 saturated carbocycles. The molecule has 0 amide bonds. The van der Waals surface area contributed by atoms with Gasteiger partial charge >= 0.3 is 0 Å². The molecular weight excluding hydrogens is 368 g/mol. The lowest BCUT2D eigenvalue weighted by molar-refractivity contribution is 0.104. The van der Waals surface area contributed by atoms with Crippen LogP contribution in [0.2, 0.25) is 0 Å². The minimum Gasteiger partial charge on any atom is -0.289 e. The van der Waals surface area contributed by atoms with E-state index < -0.39 is 0 Å². The summed E-state index contributed by atoms with van der Waals surface area (Å²) in [6.45, 7) is 2.03. The fourth-order valence-corrected chi connectivity index (χ4v) is 2.79. The molecule has 0 saturated heterocycles. The van der Waals surface area contributed by atoms with E-state index in [4.69, 9.17) is 0 Å². The van der Waals surface area contributed by atoms with Gasteiger partial charge in [0.05, 0.1) is 0 Å². The summed E-state index contributed by atoms with van der Waals surface area (Å²) in [5.41, 5.74) is 2.84. The Labute approximate surface area is 129 Å². The average Bonchev–Trinajstić information content (AvgIpc) is 2.38. The highest BCUT2D eigenvalue weighted by Gasteiger charge is 2.05. The van der Waals surface area contributed by atoms with Crippen LogP contribution in [0.5, 0.6) is 0 Å². The van der Waals surface area contributed by atoms with Gasteiger partial charge in [-0.15, -0.1) is 0 Å². The van der Waals surface area contributed by atoms with Crippen LogP contribution in [0.1, 0.15) is 21.5 Å². The molecule has 0 unspecified atom stereocenters. The number of benzene rings is 2. The van der Waals surface area contributed by atoms with Gasteiger partial charge in [-0.25, -0.2) is 0 Å². The number of carbonyl (C=O) groups is 1. The second-order valence-corrected chi connectivity index (χ2v) is 5.91. The van der Waals surface area contributed by atoms with Crippen molar-refractivity contribution in [3.63, 3.8) is 0 Å². The first-order chi connectivity index (χ1) is 9.08. The topological polar surface area (TPSA) is 17.1 Å². The molecule has 0 radical (unpaired) electrons. The van der Waals surface area contributed by atoms with Crippen molar-refractivity contribution in [3.8, 4) is 0 Å². The largest absolute Gasteiger partial charge is 0.289 e. The quantitative estimate of drug-likeness (QED) is 0.514. The first-order valence-electron chi connectivity index (χ1n) is 5.81. The Morgan fingerprint density at radius 3 is 2.47 bits per heavy atom. The van der Waals surface area contributed by atoms with E-state index in [-0.39, 0.29) is 5.78 Å². The lowest BCUT2D eigenvalue weighted by atomic mass is 10.1. The van der Waals surface area contributed by atoms with E-state index in [9.17, 15) is 4.79 Å². The van der Waals surface area contributed by atoms with Gasteiger partial charge in [0.1, 0.15) is 0 Å². The van der Waals surface area contributed by atoms with Crippen molar-refractivity contribution in [2.24, 2.45) is 0 Å². The van der Waals surface area contributed by atoms with Crippen LogP contribution in [0.4, 0.5) is 0 Å². The Morgan fingerprint density at radius 2 is 1.79 bits per heavy atom. The Kier molecular flexibility index (Phi) is 4.72. The van der Waals surface area contributed by atoms with Crippen molar-refractivity contribution in [2.45, 2.75) is 6.92 Å². The number of halogens is 2. The van der Waals surface area contributed by atoms with E-state index in [1.54, 1.807) is 12.1 Å². The van der Waals surface area contributed by atoms with E-state index in [1.165, 1.54) is 5.56 Å². The molecule has 0 fully saturated rings. The predicted octanol–water partition coefficient (Wildman–Crippen LogP) is 5.42. The summed E-state index contributed by atoms with van der Waals surface area (Å²) in [6.07, 6.45) is 3.42. The van der Waals surface area contributed by atoms with Gasteiger partial charge in [-0.2, -0.15) is 0 Å². The van der Waals surface area contributed by atoms with Crippen LogP contribution >= 0.6 is 31.9 Å². The minimum atomic E-state index is -0.0139. The van der Waals surface area contributed by atoms with Gasteiger partial charge in [0.2, 0.25) is 0 Å². The average molecular weight is 380 g/mol. The number of hydrogen-bond acceptors (Lipinski definition) is 1. The maximum absolute atomic E-state index is 12.1. The van der Waals surface area contributed by atoms with E-state index in [2.05, 4.69) is 31.9 Å². The molecule has 0 atom stereocenters. The van der Waals surface area contributed by atoms with Crippen LogP contribution in [0.3, 0.4) is 0 Å². The van der Waals surface area contributed by atoms with E-state index >= 15 is 0 Å². The molecule has 0 aliphatic rings. The zero-order chi connectivity index (χ0) is 13.8. The monoisotopic (exact) mass is 378 g/mol. The molecule has 3 heteroatoms. The standard InChI is InChI=1S/C16H12Br2O/c1-11-6-7-12(15(18)10-11)8-9-16(19)13-4-2-3-5-14(13)17/h2-10H,1H3/b9-8+. The molecule has 2 aromatic carbocycles. The summed E-state index contributed by atoms with van der Waals surface area (Å²) in [5, 5.41) is 0. The fourth-order valence-electron chi connectivity index (χ4n) is 1.68. The van der Waals surface area contributed by atoms with Crippen molar-refractivity contribution >= 4 is 43.7 Å². The molecule has 0 aromatic heterocycles. The van der Waals surface area contributed by atoms with Gasteiger partial charge in [-0.3, -0.25) is 4.79 Å². The molecular formula is C16H12Br2O. The Bertz CT molecular complexity index is 645. The first kappa shape index (κ1) is 14.2. The van der Waals surface area contributed by atoms with Crippen molar-refractivity contribution in [2.75, 3.05) is 0 Å². The van der Waals surface area contributed by atoms with Crippen molar-refractivity contribution in [1.29, 1.82) is 0 Å². The van der Waals surface area contributed by atoms with Crippen LogP contribution in [0.25, 0.3) is 6.08 Å². The van der Waals surface area contributed by atoms with Crippen LogP contribution in [-0.4, -0.2) is 5.78 Å². The Balaban J connectivity index is 2.24. The van der Waals surface area contributed by atoms with Crippen molar-refractivity contribution in [3.05, 3.63) is 74.2 Å². The smallest absolute Gasteiger partial charge is 0.186 e. The summed E-state index contributed by atoms with van der Waals surface area (Å²) in [5.74, 6) is -0.0139. The third-order valence-corrected chi connectivity index (χ3v) is 4.09. The molecule has 0 N–H and O–H groups in total. The number of carbonyl (C=O) groups excluding carboxylic acids is 1. The zero-order valence-electron chi connectivity index (χ0n) is 10.4. The normalized spacial score (nSPS) is 10.9. The summed E-state index contributed by atoms with van der Waals surface area (Å²) in [6, 6.07) is 13.5. The van der Waals surface area contributed by atoms with Crippen LogP contribution in [0.15, 0.2) is 57.5 Å². The summed E-state index contributed by atoms with van der Waals surface area (Å²) in [7, 11) is 0. The molecule has 0 aliphatic carbocycles. The predicted molar refractivity (Wildman–Crippen MR) is 86.4 cm³/mol. The molecule has 0 heterocycles. The lowest BCUT2D eigenvalue weighted by Crippen LogP contribution is -1.95. The molecule has 96 valence electrons. The van der Waals surface area contributed by atoms with E-state index in [0.29, 0.717) is 5.56 Å². The zero-order valence-corrected chi connectivity index (χ0v) is 13.5. The van der Waals surface area contributed by atoms with Crippen LogP contribution < -0.4 is 0 Å². The van der Waals surface area contributed by atoms with E-state index in [0.717, 1.165) is 14.5 Å². The molecule has 2 aromatic rings. The molecule has 1 nitrogen and oxygen atoms in total. The number of allylic oxidation sites excluding steroid dienone is 1. The summed E-state index contributed by atoms with van der Waals surface area (Å²) < 4.78 is 1.80. The Morgan fingerprint density at radius 1 is 1.05 bits per heavy atom. The number of aryl methyl sites for hydroxylation is 1. The highest BCUT2D eigenvalue weighted by molar-refractivity contribution is 9.10. The highest BCUT2D eigenvalue weighted by Crippen LogP contribution is 2.21. The minimum absolute atomic E-state index is 0.0139. The summed E-state index contributed by atoms with van der Waals surface area (Å²) >= 11 is 6.88. The SMILES string of the molecule is Cc1ccc(/C=C/C(=O)c2ccccc2Br)c(Br)c1. The van der Waals surface area contributed by atoms with Gasteiger partial charge in [0, 0.05) is 14.5 Å².